The minimum atomic E-state index is -0.442. The molecule has 0 bridgehead atoms. The quantitative estimate of drug-likeness (QED) is 0.0887. The third-order valence-electron chi connectivity index (χ3n) is 13.0. The first-order chi connectivity index (χ1) is 33.9. The Kier molecular flexibility index (Phi) is 17.3. The molecule has 4 fully saturated rings. The SMILES string of the molecule is Cl.O=C1CCN(c2cnn3ccccc23)CC1.O=[N+]([O-])c1cnn2ccccc12.OC1CCN(c2cnn3ccccc23)CC1.c1ccn2ncc(N3CCC(OCCOC4CCOCC4)CC3)c2c1. The van der Waals surface area contributed by atoms with Crippen LogP contribution in [-0.2, 0) is 19.0 Å². The molecule has 1 N–H and O–H groups in total. The van der Waals surface area contributed by atoms with E-state index in [2.05, 4.69) is 59.4 Å². The van der Waals surface area contributed by atoms with Crippen LogP contribution < -0.4 is 14.7 Å². The van der Waals surface area contributed by atoms with Crippen molar-refractivity contribution >= 4 is 63.0 Å². The number of hydrogen-bond donors (Lipinski definition) is 1. The predicted molar refractivity (Wildman–Crippen MR) is 270 cm³/mol. The van der Waals surface area contributed by atoms with Gasteiger partial charge in [0.1, 0.15) is 17.5 Å². The van der Waals surface area contributed by atoms with Crippen molar-refractivity contribution in [1.29, 1.82) is 0 Å². The first-order valence-corrected chi connectivity index (χ1v) is 24.0. The zero-order chi connectivity index (χ0) is 47.4. The average molecular weight is 978 g/mol. The van der Waals surface area contributed by atoms with Crippen molar-refractivity contribution < 1.29 is 29.0 Å². The van der Waals surface area contributed by atoms with E-state index in [1.807, 2.05) is 81.1 Å². The molecule has 4 aliphatic rings. The number of nitro groups is 1. The molecule has 12 heterocycles. The Morgan fingerprint density at radius 2 is 0.943 bits per heavy atom. The van der Waals surface area contributed by atoms with Crippen molar-refractivity contribution in [3.8, 4) is 0 Å². The highest BCUT2D eigenvalue weighted by molar-refractivity contribution is 5.85. The molecule has 8 aromatic heterocycles. The number of carbonyl (C=O) groups excluding carboxylic acids is 1. The highest BCUT2D eigenvalue weighted by Gasteiger charge is 2.24. The van der Waals surface area contributed by atoms with Gasteiger partial charge in [0.05, 0.1) is 88.7 Å². The van der Waals surface area contributed by atoms with Crippen molar-refractivity contribution in [2.24, 2.45) is 0 Å². The summed E-state index contributed by atoms with van der Waals surface area (Å²) in [6.07, 6.45) is 22.3. The van der Waals surface area contributed by atoms with E-state index in [9.17, 15) is 20.0 Å². The fourth-order valence-electron chi connectivity index (χ4n) is 9.20. The molecule has 8 aromatic rings. The average Bonchev–Trinajstić information content (AvgIpc) is 4.23. The van der Waals surface area contributed by atoms with Crippen LogP contribution in [0.3, 0.4) is 0 Å². The third-order valence-corrected chi connectivity index (χ3v) is 13.0. The van der Waals surface area contributed by atoms with Gasteiger partial charge in [0.25, 0.3) is 0 Å². The fraction of sp³-hybridized carbons (Fsp3) is 0.420. The van der Waals surface area contributed by atoms with E-state index in [-0.39, 0.29) is 24.2 Å². The van der Waals surface area contributed by atoms with Gasteiger partial charge in [-0.25, -0.2) is 18.1 Å². The number of anilines is 3. The number of hydrogen-bond acceptors (Lipinski definition) is 14. The van der Waals surface area contributed by atoms with Gasteiger partial charge in [-0.05, 0) is 87.1 Å². The van der Waals surface area contributed by atoms with E-state index in [1.165, 1.54) is 27.6 Å². The van der Waals surface area contributed by atoms with Crippen molar-refractivity contribution in [2.45, 2.75) is 69.7 Å². The van der Waals surface area contributed by atoms with Crippen molar-refractivity contribution in [1.82, 2.24) is 38.5 Å². The predicted octanol–water partition coefficient (Wildman–Crippen LogP) is 6.98. The van der Waals surface area contributed by atoms with Crippen LogP contribution in [0, 0.1) is 10.1 Å². The van der Waals surface area contributed by atoms with Gasteiger partial charge in [-0.1, -0.05) is 24.3 Å². The highest BCUT2D eigenvalue weighted by atomic mass is 35.5. The third kappa shape index (κ3) is 12.4. The smallest absolute Gasteiger partial charge is 0.314 e. The monoisotopic (exact) mass is 976 g/mol. The molecule has 12 rings (SSSR count). The number of piperidine rings is 3. The molecular formula is C50H61ClN12O7. The number of carbonyl (C=O) groups is 1. The molecule has 370 valence electrons. The first kappa shape index (κ1) is 49.8. The molecule has 0 unspecified atom stereocenters. The Hall–Kier alpha value is -6.64. The second-order valence-electron chi connectivity index (χ2n) is 17.5. The number of fused-ring (bicyclic) bond motifs is 4. The largest absolute Gasteiger partial charge is 0.393 e. The summed E-state index contributed by atoms with van der Waals surface area (Å²) in [5.74, 6) is 0.368. The maximum absolute atomic E-state index is 11.2. The summed E-state index contributed by atoms with van der Waals surface area (Å²) in [4.78, 5) is 28.1. The normalized spacial score (nSPS) is 17.1. The minimum Gasteiger partial charge on any atom is -0.393 e. The Morgan fingerprint density at radius 1 is 0.557 bits per heavy atom. The van der Waals surface area contributed by atoms with Crippen LogP contribution in [0.4, 0.5) is 22.7 Å². The van der Waals surface area contributed by atoms with E-state index in [0.29, 0.717) is 49.6 Å². The fourth-order valence-corrected chi connectivity index (χ4v) is 9.20. The number of aliphatic hydroxyl groups excluding tert-OH is 1. The van der Waals surface area contributed by atoms with Crippen LogP contribution in [-0.4, -0.2) is 138 Å². The summed E-state index contributed by atoms with van der Waals surface area (Å²) in [5, 5.41) is 36.8. The van der Waals surface area contributed by atoms with Gasteiger partial charge >= 0.3 is 5.69 Å². The molecule has 4 aliphatic heterocycles. The van der Waals surface area contributed by atoms with Crippen LogP contribution in [0.15, 0.2) is 122 Å². The standard InChI is InChI=1S/C19H27N3O3.C12H15N3O.C12H13N3O.C7H5N3O2.ClH/c1-2-8-22-18(3-1)19(15-20-22)21-9-4-16(5-10-21)24-13-14-25-17-6-11-23-12-7-17;2*16-10-4-7-14(8-5-10)12-9-13-15-6-2-1-3-11(12)15;11-10(12)7-5-8-9-4-2-1-3-6(7)9;/h1-3,8,15-17H,4-7,9-14H2;1-3,6,9-10,16H,4-5,7-8H2;1-3,6,9H,4-5,7-8H2;1-5H;1H. The summed E-state index contributed by atoms with van der Waals surface area (Å²) in [6.45, 7) is 8.53. The molecule has 19 nitrogen and oxygen atoms in total. The van der Waals surface area contributed by atoms with Gasteiger partial charge in [-0.2, -0.15) is 20.4 Å². The zero-order valence-corrected chi connectivity index (χ0v) is 40.0. The zero-order valence-electron chi connectivity index (χ0n) is 39.2. The van der Waals surface area contributed by atoms with Crippen LogP contribution in [0.25, 0.3) is 22.1 Å². The lowest BCUT2D eigenvalue weighted by Gasteiger charge is -2.33. The number of Topliss-reactive ketones (excluding diaryl/α,β-unsaturated/α-hetero) is 1. The molecule has 0 radical (unpaired) electrons. The molecule has 0 aromatic carbocycles. The van der Waals surface area contributed by atoms with Gasteiger partial charge in [-0.15, -0.1) is 12.4 Å². The number of ketones is 1. The van der Waals surface area contributed by atoms with Crippen LogP contribution in [0.2, 0.25) is 0 Å². The Balaban J connectivity index is 0.000000129. The summed E-state index contributed by atoms with van der Waals surface area (Å²) in [5.41, 5.74) is 7.50. The number of aliphatic hydroxyl groups is 1. The van der Waals surface area contributed by atoms with E-state index >= 15 is 0 Å². The number of ether oxygens (including phenoxy) is 3. The van der Waals surface area contributed by atoms with Gasteiger partial charge in [-0.3, -0.25) is 14.9 Å². The lowest BCUT2D eigenvalue weighted by atomic mass is 10.1. The Labute approximate surface area is 411 Å². The van der Waals surface area contributed by atoms with Crippen LogP contribution in [0.1, 0.15) is 51.4 Å². The molecule has 0 atom stereocenters. The summed E-state index contributed by atoms with van der Waals surface area (Å²) in [6, 6.07) is 23.5. The Bertz CT molecular complexity index is 2890. The lowest BCUT2D eigenvalue weighted by Crippen LogP contribution is -2.37. The van der Waals surface area contributed by atoms with Gasteiger partial charge < -0.3 is 34.0 Å². The number of pyridine rings is 4. The van der Waals surface area contributed by atoms with E-state index in [4.69, 9.17) is 14.2 Å². The summed E-state index contributed by atoms with van der Waals surface area (Å²) in [7, 11) is 0. The number of aromatic nitrogens is 8. The van der Waals surface area contributed by atoms with Gasteiger partial charge in [0.15, 0.2) is 0 Å². The molecular weight excluding hydrogens is 916 g/mol. The molecule has 0 spiro atoms. The maximum atomic E-state index is 11.2. The minimum absolute atomic E-state index is 0. The van der Waals surface area contributed by atoms with E-state index in [1.54, 1.807) is 24.4 Å². The van der Waals surface area contributed by atoms with Crippen molar-refractivity contribution in [3.05, 3.63) is 132 Å². The molecule has 70 heavy (non-hydrogen) atoms. The number of rotatable bonds is 9. The molecule has 0 amide bonds. The van der Waals surface area contributed by atoms with Crippen molar-refractivity contribution in [2.75, 3.05) is 80.4 Å². The number of nitrogens with zero attached hydrogens (tertiary/aromatic N) is 12. The van der Waals surface area contributed by atoms with Gasteiger partial charge in [0.2, 0.25) is 0 Å². The van der Waals surface area contributed by atoms with Crippen LogP contribution >= 0.6 is 12.4 Å². The van der Waals surface area contributed by atoms with Gasteiger partial charge in [0, 0.05) is 90.1 Å². The molecule has 0 saturated carbocycles. The first-order valence-electron chi connectivity index (χ1n) is 24.0. The van der Waals surface area contributed by atoms with E-state index < -0.39 is 4.92 Å². The maximum Gasteiger partial charge on any atom is 0.314 e. The summed E-state index contributed by atoms with van der Waals surface area (Å²) < 4.78 is 24.4. The second kappa shape index (κ2) is 24.3. The summed E-state index contributed by atoms with van der Waals surface area (Å²) >= 11 is 0. The van der Waals surface area contributed by atoms with Crippen molar-refractivity contribution in [3.63, 3.8) is 0 Å². The molecule has 20 heteroatoms. The topological polar surface area (TPSA) is 187 Å². The molecule has 0 aliphatic carbocycles. The highest BCUT2D eigenvalue weighted by Crippen LogP contribution is 2.27. The lowest BCUT2D eigenvalue weighted by molar-refractivity contribution is -0.383. The molecule has 4 saturated heterocycles. The number of halogens is 1. The van der Waals surface area contributed by atoms with Crippen LogP contribution in [0.5, 0.6) is 0 Å². The Morgan fingerprint density at radius 3 is 1.40 bits per heavy atom. The second-order valence-corrected chi connectivity index (χ2v) is 17.5. The van der Waals surface area contributed by atoms with E-state index in [0.717, 1.165) is 108 Å².